The van der Waals surface area contributed by atoms with E-state index in [-0.39, 0.29) is 17.9 Å². The topological polar surface area (TPSA) is 58.6 Å². The summed E-state index contributed by atoms with van der Waals surface area (Å²) < 4.78 is 20.9. The highest BCUT2D eigenvalue weighted by molar-refractivity contribution is 6.31. The number of rotatable bonds is 7. The molecule has 3 rings (SSSR count). The molecule has 0 bridgehead atoms. The Hall–Kier alpha value is -2.60. The molecule has 31 heavy (non-hydrogen) atoms. The molecule has 0 saturated carbocycles. The van der Waals surface area contributed by atoms with Gasteiger partial charge >= 0.3 is 0 Å². The summed E-state index contributed by atoms with van der Waals surface area (Å²) >= 11 is 12.4. The fraction of sp³-hybridized carbons (Fsp3) is 0.208. The predicted molar refractivity (Wildman–Crippen MR) is 120 cm³/mol. The number of nitrogens with one attached hydrogen (secondary N) is 1. The van der Waals surface area contributed by atoms with Gasteiger partial charge in [-0.3, -0.25) is 4.79 Å². The zero-order valence-electron chi connectivity index (χ0n) is 17.0. The van der Waals surface area contributed by atoms with Crippen molar-refractivity contribution in [2.24, 2.45) is 0 Å². The van der Waals surface area contributed by atoms with Gasteiger partial charge in [0.15, 0.2) is 17.7 Å². The monoisotopic (exact) mass is 461 g/mol. The highest BCUT2D eigenvalue weighted by Gasteiger charge is 2.23. The molecule has 0 spiro atoms. The molecule has 3 aromatic rings. The maximum atomic E-state index is 14.9. The summed E-state index contributed by atoms with van der Waals surface area (Å²) in [5.41, 5.74) is 0.694. The Morgan fingerprint density at radius 1 is 1.10 bits per heavy atom. The van der Waals surface area contributed by atoms with Crippen LogP contribution in [0.5, 0.6) is 5.75 Å². The number of amides is 1. The van der Waals surface area contributed by atoms with Crippen LogP contribution in [-0.2, 0) is 0 Å². The van der Waals surface area contributed by atoms with Crippen LogP contribution in [0.2, 0.25) is 10.0 Å². The molecule has 0 aliphatic rings. The molecule has 2 N–H and O–H groups in total. The SMILES string of the molecule is CC(C)(CO)NC(=O)c1ccc(OC(c2ccc(Cl)cc2)c2ccccc2Cl)c(F)c1. The summed E-state index contributed by atoms with van der Waals surface area (Å²) in [6.07, 6.45) is -0.687. The van der Waals surface area contributed by atoms with Crippen molar-refractivity contribution in [3.8, 4) is 5.75 Å². The van der Waals surface area contributed by atoms with Crippen LogP contribution < -0.4 is 10.1 Å². The van der Waals surface area contributed by atoms with E-state index in [1.54, 1.807) is 56.3 Å². The average molecular weight is 462 g/mol. The lowest BCUT2D eigenvalue weighted by Gasteiger charge is -2.24. The molecule has 0 radical (unpaired) electrons. The number of carbonyl (C=O) groups is 1. The Kier molecular flexibility index (Phi) is 7.21. The summed E-state index contributed by atoms with van der Waals surface area (Å²) in [6, 6.07) is 18.1. The zero-order chi connectivity index (χ0) is 22.6. The van der Waals surface area contributed by atoms with Crippen molar-refractivity contribution in [1.29, 1.82) is 0 Å². The molecule has 3 aromatic carbocycles. The summed E-state index contributed by atoms with van der Waals surface area (Å²) in [6.45, 7) is 3.08. The van der Waals surface area contributed by atoms with E-state index in [4.69, 9.17) is 27.9 Å². The molecule has 1 unspecified atom stereocenters. The first-order valence-electron chi connectivity index (χ1n) is 9.59. The Morgan fingerprint density at radius 2 is 1.77 bits per heavy atom. The highest BCUT2D eigenvalue weighted by atomic mass is 35.5. The van der Waals surface area contributed by atoms with Crippen LogP contribution in [0.15, 0.2) is 66.7 Å². The van der Waals surface area contributed by atoms with E-state index < -0.39 is 23.4 Å². The third-order valence-electron chi connectivity index (χ3n) is 4.65. The summed E-state index contributed by atoms with van der Waals surface area (Å²) in [5.74, 6) is -1.22. The number of halogens is 3. The molecule has 4 nitrogen and oxygen atoms in total. The maximum absolute atomic E-state index is 14.9. The van der Waals surface area contributed by atoms with Crippen LogP contribution >= 0.6 is 23.2 Å². The molecule has 7 heteroatoms. The molecular formula is C24H22Cl2FNO3. The van der Waals surface area contributed by atoms with E-state index in [0.717, 1.165) is 11.6 Å². The van der Waals surface area contributed by atoms with Crippen LogP contribution in [0, 0.1) is 5.82 Å². The normalized spacial score (nSPS) is 12.3. The molecule has 0 fully saturated rings. The van der Waals surface area contributed by atoms with Gasteiger partial charge in [0.25, 0.3) is 5.91 Å². The molecule has 0 aliphatic heterocycles. The van der Waals surface area contributed by atoms with Crippen LogP contribution in [-0.4, -0.2) is 23.2 Å². The number of hydrogen-bond donors (Lipinski definition) is 2. The van der Waals surface area contributed by atoms with Crippen molar-refractivity contribution in [1.82, 2.24) is 5.32 Å². The second-order valence-corrected chi connectivity index (χ2v) is 8.56. The second-order valence-electron chi connectivity index (χ2n) is 7.71. The van der Waals surface area contributed by atoms with E-state index in [0.29, 0.717) is 15.6 Å². The first-order valence-corrected chi connectivity index (χ1v) is 10.4. The Balaban J connectivity index is 1.92. The lowest BCUT2D eigenvalue weighted by molar-refractivity contribution is 0.0868. The summed E-state index contributed by atoms with van der Waals surface area (Å²) in [7, 11) is 0. The van der Waals surface area contributed by atoms with Crippen LogP contribution in [0.25, 0.3) is 0 Å². The Morgan fingerprint density at radius 3 is 2.39 bits per heavy atom. The number of carbonyl (C=O) groups excluding carboxylic acids is 1. The van der Waals surface area contributed by atoms with Gasteiger partial charge in [-0.15, -0.1) is 0 Å². The second kappa shape index (κ2) is 9.69. The molecule has 0 saturated heterocycles. The van der Waals surface area contributed by atoms with Gasteiger partial charge in [-0.05, 0) is 55.8 Å². The van der Waals surface area contributed by atoms with Crippen molar-refractivity contribution in [3.05, 3.63) is 99.3 Å². The fourth-order valence-electron chi connectivity index (χ4n) is 2.92. The smallest absolute Gasteiger partial charge is 0.251 e. The highest BCUT2D eigenvalue weighted by Crippen LogP contribution is 2.34. The van der Waals surface area contributed by atoms with Crippen molar-refractivity contribution in [2.45, 2.75) is 25.5 Å². The lowest BCUT2D eigenvalue weighted by Crippen LogP contribution is -2.46. The number of hydrogen-bond acceptors (Lipinski definition) is 3. The van der Waals surface area contributed by atoms with Gasteiger partial charge in [0.05, 0.1) is 12.1 Å². The molecule has 0 aliphatic carbocycles. The Bertz CT molecular complexity index is 1070. The molecule has 0 aromatic heterocycles. The molecule has 162 valence electrons. The lowest BCUT2D eigenvalue weighted by atomic mass is 10.0. The first-order chi connectivity index (χ1) is 14.7. The number of aliphatic hydroxyl groups excluding tert-OH is 1. The van der Waals surface area contributed by atoms with Gasteiger partial charge in [-0.1, -0.05) is 53.5 Å². The van der Waals surface area contributed by atoms with E-state index in [2.05, 4.69) is 5.32 Å². The third-order valence-corrected chi connectivity index (χ3v) is 5.24. The minimum Gasteiger partial charge on any atom is -0.478 e. The van der Waals surface area contributed by atoms with E-state index in [1.165, 1.54) is 12.1 Å². The average Bonchev–Trinajstić information content (AvgIpc) is 2.74. The molecule has 0 heterocycles. The largest absolute Gasteiger partial charge is 0.478 e. The van der Waals surface area contributed by atoms with Gasteiger partial charge in [-0.2, -0.15) is 0 Å². The predicted octanol–water partition coefficient (Wildman–Crippen LogP) is 5.80. The van der Waals surface area contributed by atoms with Gasteiger partial charge in [-0.25, -0.2) is 4.39 Å². The minimum absolute atomic E-state index is 0.0298. The molecular weight excluding hydrogens is 440 g/mol. The van der Waals surface area contributed by atoms with Gasteiger partial charge in [0.1, 0.15) is 0 Å². The van der Waals surface area contributed by atoms with Crippen LogP contribution in [0.4, 0.5) is 4.39 Å². The quantitative estimate of drug-likeness (QED) is 0.467. The molecule has 1 atom stereocenters. The van der Waals surface area contributed by atoms with Crippen molar-refractivity contribution < 1.29 is 19.0 Å². The van der Waals surface area contributed by atoms with E-state index in [1.807, 2.05) is 6.07 Å². The number of ether oxygens (including phenoxy) is 1. The van der Waals surface area contributed by atoms with E-state index in [9.17, 15) is 14.3 Å². The summed E-state index contributed by atoms with van der Waals surface area (Å²) in [5, 5.41) is 13.0. The van der Waals surface area contributed by atoms with Gasteiger partial charge in [0, 0.05) is 21.2 Å². The van der Waals surface area contributed by atoms with Crippen LogP contribution in [0.1, 0.15) is 41.4 Å². The zero-order valence-corrected chi connectivity index (χ0v) is 18.5. The van der Waals surface area contributed by atoms with Gasteiger partial charge < -0.3 is 15.2 Å². The first kappa shape index (κ1) is 23.1. The van der Waals surface area contributed by atoms with Crippen LogP contribution in [0.3, 0.4) is 0 Å². The maximum Gasteiger partial charge on any atom is 0.251 e. The Labute approximate surface area is 190 Å². The van der Waals surface area contributed by atoms with Crippen molar-refractivity contribution >= 4 is 29.1 Å². The number of benzene rings is 3. The van der Waals surface area contributed by atoms with E-state index >= 15 is 0 Å². The molecule has 1 amide bonds. The summed E-state index contributed by atoms with van der Waals surface area (Å²) in [4.78, 5) is 12.4. The van der Waals surface area contributed by atoms with Gasteiger partial charge in [0.2, 0.25) is 0 Å². The fourth-order valence-corrected chi connectivity index (χ4v) is 3.28. The number of aliphatic hydroxyl groups is 1. The third kappa shape index (κ3) is 5.76. The minimum atomic E-state index is -0.827. The van der Waals surface area contributed by atoms with Crippen molar-refractivity contribution in [3.63, 3.8) is 0 Å². The standard InChI is InChI=1S/C24H22Cl2FNO3/c1-24(2,14-29)28-23(30)16-9-12-21(20(27)13-16)31-22(15-7-10-17(25)11-8-15)18-5-3-4-6-19(18)26/h3-13,22,29H,14H2,1-2H3,(H,28,30). The van der Waals surface area contributed by atoms with Crippen molar-refractivity contribution in [2.75, 3.05) is 6.61 Å².